The largest absolute Gasteiger partial charge is 0.398 e. The fourth-order valence-corrected chi connectivity index (χ4v) is 1.30. The molecule has 0 aromatic heterocycles. The Morgan fingerprint density at radius 1 is 1.56 bits per heavy atom. The van der Waals surface area contributed by atoms with Gasteiger partial charge in [0.2, 0.25) is 0 Å². The van der Waals surface area contributed by atoms with Crippen molar-refractivity contribution in [2.24, 2.45) is 0 Å². The normalized spacial score (nSPS) is 12.2. The quantitative estimate of drug-likeness (QED) is 0.756. The highest BCUT2D eigenvalue weighted by atomic mass is 16.5. The second kappa shape index (κ2) is 5.51. The van der Waals surface area contributed by atoms with Gasteiger partial charge in [-0.2, -0.15) is 0 Å². The Bertz CT molecular complexity index is 377. The lowest BCUT2D eigenvalue weighted by Crippen LogP contribution is -2.32. The van der Waals surface area contributed by atoms with E-state index in [0.717, 1.165) is 5.56 Å². The van der Waals surface area contributed by atoms with E-state index < -0.39 is 0 Å². The molecule has 0 radical (unpaired) electrons. The summed E-state index contributed by atoms with van der Waals surface area (Å²) in [5.41, 5.74) is 7.82. The molecule has 1 aromatic carbocycles. The van der Waals surface area contributed by atoms with Crippen molar-refractivity contribution in [3.63, 3.8) is 0 Å². The Hall–Kier alpha value is -1.55. The van der Waals surface area contributed by atoms with Crippen LogP contribution in [0.25, 0.3) is 0 Å². The summed E-state index contributed by atoms with van der Waals surface area (Å²) in [7, 11) is 1.61. The number of aryl methyl sites for hydroxylation is 1. The molecular weight excluding hydrogens is 204 g/mol. The zero-order valence-corrected chi connectivity index (χ0v) is 9.91. The first kappa shape index (κ1) is 12.5. The molecule has 0 fully saturated rings. The minimum Gasteiger partial charge on any atom is -0.398 e. The number of amides is 1. The fourth-order valence-electron chi connectivity index (χ4n) is 1.30. The number of hydrogen-bond acceptors (Lipinski definition) is 3. The lowest BCUT2D eigenvalue weighted by molar-refractivity contribution is 0.0871. The van der Waals surface area contributed by atoms with E-state index in [1.54, 1.807) is 19.2 Å². The second-order valence-electron chi connectivity index (χ2n) is 3.85. The molecule has 4 heteroatoms. The van der Waals surface area contributed by atoms with E-state index in [2.05, 4.69) is 5.32 Å². The van der Waals surface area contributed by atoms with Gasteiger partial charge in [0.15, 0.2) is 0 Å². The summed E-state index contributed by atoms with van der Waals surface area (Å²) in [4.78, 5) is 11.8. The van der Waals surface area contributed by atoms with Crippen molar-refractivity contribution in [2.45, 2.75) is 20.0 Å². The summed E-state index contributed by atoms with van der Waals surface area (Å²) < 4.78 is 5.04. The number of nitrogen functional groups attached to an aromatic ring is 1. The number of benzene rings is 1. The molecule has 3 N–H and O–H groups in total. The molecule has 0 heterocycles. The maximum Gasteiger partial charge on any atom is 0.253 e. The first-order valence-electron chi connectivity index (χ1n) is 5.21. The highest BCUT2D eigenvalue weighted by Gasteiger charge is 2.10. The molecular formula is C12H18N2O2. The molecule has 1 unspecified atom stereocenters. The molecule has 0 saturated carbocycles. The van der Waals surface area contributed by atoms with Crippen LogP contribution in [0.2, 0.25) is 0 Å². The van der Waals surface area contributed by atoms with Crippen molar-refractivity contribution in [1.29, 1.82) is 0 Å². The molecule has 1 amide bonds. The number of carbonyl (C=O) groups is 1. The van der Waals surface area contributed by atoms with E-state index in [-0.39, 0.29) is 12.0 Å². The average Bonchev–Trinajstić information content (AvgIpc) is 2.25. The monoisotopic (exact) mass is 222 g/mol. The fraction of sp³-hybridized carbons (Fsp3) is 0.417. The van der Waals surface area contributed by atoms with Gasteiger partial charge in [-0.3, -0.25) is 4.79 Å². The van der Waals surface area contributed by atoms with Crippen molar-refractivity contribution in [3.8, 4) is 0 Å². The van der Waals surface area contributed by atoms with Gasteiger partial charge in [0.1, 0.15) is 0 Å². The van der Waals surface area contributed by atoms with E-state index in [1.807, 2.05) is 19.9 Å². The maximum atomic E-state index is 11.8. The van der Waals surface area contributed by atoms with E-state index in [9.17, 15) is 4.79 Å². The molecule has 16 heavy (non-hydrogen) atoms. The van der Waals surface area contributed by atoms with Gasteiger partial charge in [0.25, 0.3) is 5.91 Å². The number of nitrogens with two attached hydrogens (primary N) is 1. The summed E-state index contributed by atoms with van der Waals surface area (Å²) in [6.45, 7) is 4.30. The van der Waals surface area contributed by atoms with Crippen molar-refractivity contribution in [1.82, 2.24) is 5.32 Å². The Morgan fingerprint density at radius 2 is 2.25 bits per heavy atom. The highest BCUT2D eigenvalue weighted by molar-refractivity contribution is 5.99. The number of methoxy groups -OCH3 is 1. The van der Waals surface area contributed by atoms with Gasteiger partial charge in [-0.05, 0) is 31.5 Å². The first-order chi connectivity index (χ1) is 7.54. The van der Waals surface area contributed by atoms with Gasteiger partial charge in [-0.15, -0.1) is 0 Å². The van der Waals surface area contributed by atoms with Crippen LogP contribution in [0, 0.1) is 6.92 Å². The maximum absolute atomic E-state index is 11.8. The molecule has 0 spiro atoms. The first-order valence-corrected chi connectivity index (χ1v) is 5.21. The van der Waals surface area contributed by atoms with E-state index >= 15 is 0 Å². The van der Waals surface area contributed by atoms with Crippen LogP contribution in [0.1, 0.15) is 22.8 Å². The van der Waals surface area contributed by atoms with Gasteiger partial charge in [-0.1, -0.05) is 6.07 Å². The Labute approximate surface area is 95.8 Å². The number of nitrogens with one attached hydrogen (secondary N) is 1. The molecule has 88 valence electrons. The third-order valence-corrected chi connectivity index (χ3v) is 2.40. The van der Waals surface area contributed by atoms with Crippen molar-refractivity contribution in [2.75, 3.05) is 19.4 Å². The Kier molecular flexibility index (Phi) is 4.31. The zero-order valence-electron chi connectivity index (χ0n) is 9.91. The number of ether oxygens (including phenoxy) is 1. The molecule has 1 atom stereocenters. The van der Waals surface area contributed by atoms with Crippen LogP contribution < -0.4 is 11.1 Å². The summed E-state index contributed by atoms with van der Waals surface area (Å²) in [5.74, 6) is -0.165. The SMILES string of the molecule is COC(C)CNC(=O)c1ccc(C)cc1N. The molecule has 0 aliphatic heterocycles. The third kappa shape index (κ3) is 3.24. The summed E-state index contributed by atoms with van der Waals surface area (Å²) in [6.07, 6.45) is -0.00405. The second-order valence-corrected chi connectivity index (χ2v) is 3.85. The average molecular weight is 222 g/mol. The topological polar surface area (TPSA) is 64.3 Å². The Balaban J connectivity index is 2.66. The van der Waals surface area contributed by atoms with Crippen LogP contribution in [-0.2, 0) is 4.74 Å². The minimum absolute atomic E-state index is 0.00405. The van der Waals surface area contributed by atoms with Crippen LogP contribution in [0.5, 0.6) is 0 Å². The van der Waals surface area contributed by atoms with Gasteiger partial charge in [0.05, 0.1) is 11.7 Å². The lowest BCUT2D eigenvalue weighted by atomic mass is 10.1. The molecule has 0 bridgehead atoms. The van der Waals surface area contributed by atoms with Crippen LogP contribution in [-0.4, -0.2) is 25.7 Å². The molecule has 0 aliphatic rings. The number of carbonyl (C=O) groups excluding carboxylic acids is 1. The van der Waals surface area contributed by atoms with Gasteiger partial charge in [-0.25, -0.2) is 0 Å². The van der Waals surface area contributed by atoms with Crippen molar-refractivity contribution < 1.29 is 9.53 Å². The minimum atomic E-state index is -0.165. The van der Waals surface area contributed by atoms with E-state index in [4.69, 9.17) is 10.5 Å². The number of hydrogen-bond donors (Lipinski definition) is 2. The molecule has 0 saturated heterocycles. The van der Waals surface area contributed by atoms with E-state index in [0.29, 0.717) is 17.8 Å². The Morgan fingerprint density at radius 3 is 2.81 bits per heavy atom. The van der Waals surface area contributed by atoms with Crippen LogP contribution in [0.15, 0.2) is 18.2 Å². The van der Waals surface area contributed by atoms with Gasteiger partial charge >= 0.3 is 0 Å². The highest BCUT2D eigenvalue weighted by Crippen LogP contribution is 2.13. The standard InChI is InChI=1S/C12H18N2O2/c1-8-4-5-10(11(13)6-8)12(15)14-7-9(2)16-3/h4-6,9H,7,13H2,1-3H3,(H,14,15). The zero-order chi connectivity index (χ0) is 12.1. The summed E-state index contributed by atoms with van der Waals surface area (Å²) in [6, 6.07) is 5.39. The number of anilines is 1. The molecule has 4 nitrogen and oxygen atoms in total. The van der Waals surface area contributed by atoms with Crippen LogP contribution in [0.4, 0.5) is 5.69 Å². The predicted octanol–water partition coefficient (Wildman–Crippen LogP) is 1.34. The summed E-state index contributed by atoms with van der Waals surface area (Å²) in [5, 5.41) is 2.77. The lowest BCUT2D eigenvalue weighted by Gasteiger charge is -2.12. The van der Waals surface area contributed by atoms with E-state index in [1.165, 1.54) is 0 Å². The predicted molar refractivity (Wildman–Crippen MR) is 64.4 cm³/mol. The number of rotatable bonds is 4. The molecule has 1 rings (SSSR count). The van der Waals surface area contributed by atoms with Crippen LogP contribution >= 0.6 is 0 Å². The van der Waals surface area contributed by atoms with Crippen molar-refractivity contribution in [3.05, 3.63) is 29.3 Å². The van der Waals surface area contributed by atoms with Crippen LogP contribution in [0.3, 0.4) is 0 Å². The van der Waals surface area contributed by atoms with Gasteiger partial charge < -0.3 is 15.8 Å². The molecule has 1 aromatic rings. The summed E-state index contributed by atoms with van der Waals surface area (Å²) >= 11 is 0. The smallest absolute Gasteiger partial charge is 0.253 e. The van der Waals surface area contributed by atoms with Crippen molar-refractivity contribution >= 4 is 11.6 Å². The van der Waals surface area contributed by atoms with Gasteiger partial charge in [0, 0.05) is 19.3 Å². The molecule has 0 aliphatic carbocycles. The third-order valence-electron chi connectivity index (χ3n) is 2.40.